The van der Waals surface area contributed by atoms with Crippen molar-refractivity contribution in [3.63, 3.8) is 0 Å². The third-order valence-electron chi connectivity index (χ3n) is 6.34. The summed E-state index contributed by atoms with van der Waals surface area (Å²) >= 11 is 15.2. The summed E-state index contributed by atoms with van der Waals surface area (Å²) in [5.74, 6) is -0.0633. The van der Waals surface area contributed by atoms with Gasteiger partial charge in [0, 0.05) is 26.4 Å². The topological polar surface area (TPSA) is 38.5 Å². The smallest absolute Gasteiger partial charge is 0.187 e. The highest BCUT2D eigenvalue weighted by Gasteiger charge is 2.18. The maximum atomic E-state index is 11.9. The fourth-order valence-electron chi connectivity index (χ4n) is 4.24. The Kier molecular flexibility index (Phi) is 11.5. The quantitative estimate of drug-likeness (QED) is 0.184. The lowest BCUT2D eigenvalue weighted by molar-refractivity contribution is -0.119. The van der Waals surface area contributed by atoms with Gasteiger partial charge in [0.2, 0.25) is 0 Å². The highest BCUT2D eigenvalue weighted by molar-refractivity contribution is 9.10. The van der Waals surface area contributed by atoms with E-state index >= 15 is 0 Å². The van der Waals surface area contributed by atoms with E-state index in [0.717, 1.165) is 26.7 Å². The van der Waals surface area contributed by atoms with Crippen LogP contribution < -0.4 is 0 Å². The van der Waals surface area contributed by atoms with Gasteiger partial charge in [0.25, 0.3) is 0 Å². The van der Waals surface area contributed by atoms with E-state index in [1.165, 1.54) is 0 Å². The van der Waals surface area contributed by atoms with Crippen molar-refractivity contribution < 1.29 is 9.59 Å². The Labute approximate surface area is 248 Å². The number of Topliss-reactive ketones (excluding diaryl/α,β-unsaturated/α-hetero) is 2. The standard InChI is InChI=1S/C17H14ClNO.C16H14BrClO/c1-12(20)17(10-13-6-8-15(18)9-7-13)14-4-3-5-16(11-14)19-2;1-11(19)16(13-3-2-4-14(17)10-13)9-12-5-7-15(18)8-6-12/h3-9,11,17H,10H2,1H3;2-8,10,16H,9H2,1H3. The van der Waals surface area contributed by atoms with Gasteiger partial charge < -0.3 is 0 Å². The summed E-state index contributed by atoms with van der Waals surface area (Å²) in [7, 11) is 0. The van der Waals surface area contributed by atoms with Crippen LogP contribution in [-0.4, -0.2) is 11.6 Å². The zero-order valence-electron chi connectivity index (χ0n) is 21.7. The van der Waals surface area contributed by atoms with Crippen LogP contribution in [0.25, 0.3) is 4.85 Å². The van der Waals surface area contributed by atoms with Crippen molar-refractivity contribution >= 4 is 56.4 Å². The van der Waals surface area contributed by atoms with Crippen LogP contribution in [0.2, 0.25) is 10.0 Å². The summed E-state index contributed by atoms with van der Waals surface area (Å²) in [6, 6.07) is 30.3. The van der Waals surface area contributed by atoms with Crippen LogP contribution in [0.15, 0.2) is 102 Å². The zero-order chi connectivity index (χ0) is 28.4. The number of hydrogen-bond acceptors (Lipinski definition) is 2. The number of ketones is 2. The Bertz CT molecular complexity index is 1460. The first kappa shape index (κ1) is 30.3. The lowest BCUT2D eigenvalue weighted by atomic mass is 9.89. The average Bonchev–Trinajstić information content (AvgIpc) is 2.92. The molecule has 0 aliphatic carbocycles. The van der Waals surface area contributed by atoms with Gasteiger partial charge in [-0.15, -0.1) is 0 Å². The average molecular weight is 621 g/mol. The van der Waals surface area contributed by atoms with E-state index in [9.17, 15) is 9.59 Å². The molecule has 4 rings (SSSR count). The van der Waals surface area contributed by atoms with Crippen LogP contribution in [0.5, 0.6) is 0 Å². The number of nitrogens with zero attached hydrogens (tertiary/aromatic N) is 1. The summed E-state index contributed by atoms with van der Waals surface area (Å²) in [5.41, 5.74) is 4.66. The molecule has 4 aromatic carbocycles. The highest BCUT2D eigenvalue weighted by atomic mass is 79.9. The first-order valence-electron chi connectivity index (χ1n) is 12.4. The molecule has 0 amide bonds. The van der Waals surface area contributed by atoms with Crippen LogP contribution >= 0.6 is 39.1 Å². The van der Waals surface area contributed by atoms with Crippen molar-refractivity contribution in [3.05, 3.63) is 145 Å². The van der Waals surface area contributed by atoms with Gasteiger partial charge in [0.15, 0.2) is 5.69 Å². The number of carbonyl (C=O) groups is 2. The van der Waals surface area contributed by atoms with E-state index in [-0.39, 0.29) is 23.4 Å². The van der Waals surface area contributed by atoms with E-state index in [1.807, 2.05) is 84.9 Å². The summed E-state index contributed by atoms with van der Waals surface area (Å²) in [5, 5.41) is 1.40. The van der Waals surface area contributed by atoms with Gasteiger partial charge in [-0.25, -0.2) is 4.85 Å². The summed E-state index contributed by atoms with van der Waals surface area (Å²) in [6.45, 7) is 10.3. The minimum atomic E-state index is -0.224. The lowest BCUT2D eigenvalue weighted by Crippen LogP contribution is -2.12. The van der Waals surface area contributed by atoms with Gasteiger partial charge >= 0.3 is 0 Å². The normalized spacial score (nSPS) is 11.9. The number of hydrogen-bond donors (Lipinski definition) is 0. The number of halogens is 3. The van der Waals surface area contributed by atoms with Gasteiger partial charge in [0.1, 0.15) is 11.6 Å². The first-order valence-corrected chi connectivity index (χ1v) is 13.9. The summed E-state index contributed by atoms with van der Waals surface area (Å²) < 4.78 is 0.993. The molecule has 0 saturated heterocycles. The Morgan fingerprint density at radius 3 is 1.56 bits per heavy atom. The molecule has 0 N–H and O–H groups in total. The van der Waals surface area contributed by atoms with Crippen molar-refractivity contribution in [2.75, 3.05) is 0 Å². The second-order valence-corrected chi connectivity index (χ2v) is 11.0. The lowest BCUT2D eigenvalue weighted by Gasteiger charge is -2.15. The van der Waals surface area contributed by atoms with Crippen LogP contribution in [0, 0.1) is 6.57 Å². The molecule has 0 bridgehead atoms. The van der Waals surface area contributed by atoms with Crippen LogP contribution in [-0.2, 0) is 22.4 Å². The second-order valence-electron chi connectivity index (χ2n) is 9.25. The summed E-state index contributed by atoms with van der Waals surface area (Å²) in [6.07, 6.45) is 1.32. The van der Waals surface area contributed by atoms with E-state index < -0.39 is 0 Å². The van der Waals surface area contributed by atoms with Crippen molar-refractivity contribution in [2.24, 2.45) is 0 Å². The predicted molar refractivity (Wildman–Crippen MR) is 164 cm³/mol. The zero-order valence-corrected chi connectivity index (χ0v) is 24.8. The molecule has 4 aromatic rings. The first-order chi connectivity index (χ1) is 18.7. The Hall–Kier alpha value is -3.23. The number of carbonyl (C=O) groups excluding carboxylic acids is 2. The van der Waals surface area contributed by atoms with Gasteiger partial charge in [-0.1, -0.05) is 99.8 Å². The molecule has 3 nitrogen and oxygen atoms in total. The van der Waals surface area contributed by atoms with Crippen LogP contribution in [0.3, 0.4) is 0 Å². The molecule has 198 valence electrons. The molecule has 0 aliphatic rings. The number of benzene rings is 4. The maximum absolute atomic E-state index is 11.9. The van der Waals surface area contributed by atoms with E-state index in [1.54, 1.807) is 26.0 Å². The minimum absolute atomic E-state index is 0.0991. The third-order valence-corrected chi connectivity index (χ3v) is 7.34. The second kappa shape index (κ2) is 14.8. The van der Waals surface area contributed by atoms with E-state index in [4.69, 9.17) is 29.8 Å². The molecule has 2 atom stereocenters. The SMILES string of the molecule is CC(=O)C(Cc1ccc(Cl)cc1)c1cccc(Br)c1.[C-]#[N+]c1cccc(C(Cc2ccc(Cl)cc2)C(C)=O)c1. The van der Waals surface area contributed by atoms with Gasteiger partial charge in [-0.05, 0) is 85.3 Å². The Morgan fingerprint density at radius 2 is 1.15 bits per heavy atom. The molecule has 0 aromatic heterocycles. The third kappa shape index (κ3) is 9.48. The molecule has 0 aliphatic heterocycles. The van der Waals surface area contributed by atoms with Crippen molar-refractivity contribution in [3.8, 4) is 0 Å². The predicted octanol–water partition coefficient (Wildman–Crippen LogP) is 9.82. The fourth-order valence-corrected chi connectivity index (χ4v) is 4.91. The van der Waals surface area contributed by atoms with E-state index in [2.05, 4.69) is 20.8 Å². The fraction of sp³-hybridized carbons (Fsp3) is 0.182. The van der Waals surface area contributed by atoms with Gasteiger partial charge in [-0.3, -0.25) is 9.59 Å². The molecular weight excluding hydrogens is 593 g/mol. The van der Waals surface area contributed by atoms with E-state index in [0.29, 0.717) is 28.6 Å². The number of rotatable bonds is 8. The molecule has 39 heavy (non-hydrogen) atoms. The van der Waals surface area contributed by atoms with Crippen molar-refractivity contribution in [1.29, 1.82) is 0 Å². The molecule has 0 spiro atoms. The van der Waals surface area contributed by atoms with Crippen molar-refractivity contribution in [1.82, 2.24) is 0 Å². The highest BCUT2D eigenvalue weighted by Crippen LogP contribution is 2.27. The molecular formula is C33H28BrCl2NO2. The van der Waals surface area contributed by atoms with Crippen LogP contribution in [0.4, 0.5) is 5.69 Å². The minimum Gasteiger partial charge on any atom is -0.299 e. The van der Waals surface area contributed by atoms with Gasteiger partial charge in [0.05, 0.1) is 6.57 Å². The molecule has 0 heterocycles. The largest absolute Gasteiger partial charge is 0.299 e. The molecule has 2 unspecified atom stereocenters. The Morgan fingerprint density at radius 1 is 0.718 bits per heavy atom. The summed E-state index contributed by atoms with van der Waals surface area (Å²) in [4.78, 5) is 27.2. The van der Waals surface area contributed by atoms with Crippen molar-refractivity contribution in [2.45, 2.75) is 38.5 Å². The van der Waals surface area contributed by atoms with Gasteiger partial charge in [-0.2, -0.15) is 0 Å². The molecule has 6 heteroatoms. The maximum Gasteiger partial charge on any atom is 0.187 e. The molecule has 0 radical (unpaired) electrons. The monoisotopic (exact) mass is 619 g/mol. The molecule has 0 saturated carbocycles. The van der Waals surface area contributed by atoms with Crippen LogP contribution in [0.1, 0.15) is 47.9 Å². The Balaban J connectivity index is 0.000000216. The molecule has 0 fully saturated rings.